The lowest BCUT2D eigenvalue weighted by Crippen LogP contribution is -2.22. The number of carbonyl (C=O) groups excluding carboxylic acids is 1. The molecule has 0 unspecified atom stereocenters. The van der Waals surface area contributed by atoms with Crippen molar-refractivity contribution in [3.8, 4) is 5.75 Å². The summed E-state index contributed by atoms with van der Waals surface area (Å²) in [7, 11) is 0. The van der Waals surface area contributed by atoms with Gasteiger partial charge in [0.2, 0.25) is 11.6 Å². The Morgan fingerprint density at radius 3 is 2.30 bits per heavy atom. The molecule has 5 nitrogen and oxygen atoms in total. The highest BCUT2D eigenvalue weighted by Crippen LogP contribution is 2.27. The van der Waals surface area contributed by atoms with Gasteiger partial charge in [-0.2, -0.15) is 13.9 Å². The summed E-state index contributed by atoms with van der Waals surface area (Å²) < 4.78 is 60.4. The lowest BCUT2D eigenvalue weighted by atomic mass is 10.1. The fourth-order valence-electron chi connectivity index (χ4n) is 2.76. The van der Waals surface area contributed by atoms with Crippen LogP contribution in [-0.2, 0) is 19.7 Å². The topological polar surface area (TPSA) is 56.2 Å². The molecule has 0 spiro atoms. The van der Waals surface area contributed by atoms with E-state index >= 15 is 0 Å². The molecule has 2 aromatic carbocycles. The van der Waals surface area contributed by atoms with Crippen molar-refractivity contribution in [2.24, 2.45) is 0 Å². The molecule has 0 fully saturated rings. The maximum Gasteiger partial charge on any atom is 0.251 e. The summed E-state index contributed by atoms with van der Waals surface area (Å²) in [6.45, 7) is 4.54. The average molecular weight is 421 g/mol. The van der Waals surface area contributed by atoms with Crippen LogP contribution in [0.1, 0.15) is 34.1 Å². The molecule has 0 atom stereocenters. The molecule has 158 valence electrons. The normalized spacial score (nSPS) is 10.9. The molecular formula is C21H19F4N3O2. The van der Waals surface area contributed by atoms with Gasteiger partial charge in [0.05, 0.1) is 5.69 Å². The van der Waals surface area contributed by atoms with Gasteiger partial charge in [0.15, 0.2) is 17.4 Å². The van der Waals surface area contributed by atoms with Crippen LogP contribution < -0.4 is 10.1 Å². The molecule has 0 aliphatic rings. The van der Waals surface area contributed by atoms with Gasteiger partial charge < -0.3 is 10.1 Å². The number of nitrogens with zero attached hydrogens (tertiary/aromatic N) is 2. The number of halogens is 4. The Balaban J connectivity index is 1.61. The van der Waals surface area contributed by atoms with Crippen LogP contribution in [-0.4, -0.2) is 15.7 Å². The Kier molecular flexibility index (Phi) is 6.39. The highest BCUT2D eigenvalue weighted by molar-refractivity contribution is 5.94. The SMILES string of the molecule is CCn1cc(CNC(=O)c2ccc(COc3c(F)c(F)cc(F)c3F)cc2)c(C)n1. The number of aryl methyl sites for hydroxylation is 2. The summed E-state index contributed by atoms with van der Waals surface area (Å²) in [6.07, 6.45) is 1.86. The number of nitrogens with one attached hydrogen (secondary N) is 1. The summed E-state index contributed by atoms with van der Waals surface area (Å²) in [5.41, 5.74) is 2.56. The van der Waals surface area contributed by atoms with Crippen molar-refractivity contribution in [1.29, 1.82) is 0 Å². The number of carbonyl (C=O) groups is 1. The smallest absolute Gasteiger partial charge is 0.251 e. The second-order valence-electron chi connectivity index (χ2n) is 6.56. The summed E-state index contributed by atoms with van der Waals surface area (Å²) in [5.74, 6) is -7.74. The van der Waals surface area contributed by atoms with Gasteiger partial charge in [0, 0.05) is 36.5 Å². The zero-order valence-electron chi connectivity index (χ0n) is 16.3. The van der Waals surface area contributed by atoms with Crippen LogP contribution >= 0.6 is 0 Å². The third-order valence-corrected chi connectivity index (χ3v) is 4.48. The third-order valence-electron chi connectivity index (χ3n) is 4.48. The molecule has 0 aliphatic carbocycles. The average Bonchev–Trinajstić information content (AvgIpc) is 3.10. The second-order valence-corrected chi connectivity index (χ2v) is 6.56. The molecule has 30 heavy (non-hydrogen) atoms. The Morgan fingerprint density at radius 2 is 1.73 bits per heavy atom. The van der Waals surface area contributed by atoms with E-state index in [9.17, 15) is 22.4 Å². The van der Waals surface area contributed by atoms with Gasteiger partial charge in [-0.1, -0.05) is 12.1 Å². The fourth-order valence-corrected chi connectivity index (χ4v) is 2.76. The van der Waals surface area contributed by atoms with E-state index in [2.05, 4.69) is 10.4 Å². The molecule has 0 saturated carbocycles. The zero-order valence-corrected chi connectivity index (χ0v) is 16.3. The first kappa shape index (κ1) is 21.4. The van der Waals surface area contributed by atoms with Crippen molar-refractivity contribution in [3.63, 3.8) is 0 Å². The number of hydrogen-bond acceptors (Lipinski definition) is 3. The molecule has 3 rings (SSSR count). The molecule has 0 bridgehead atoms. The molecule has 0 saturated heterocycles. The third kappa shape index (κ3) is 4.61. The summed E-state index contributed by atoms with van der Waals surface area (Å²) >= 11 is 0. The molecule has 1 amide bonds. The maximum absolute atomic E-state index is 13.6. The Hall–Kier alpha value is -3.36. The van der Waals surface area contributed by atoms with Gasteiger partial charge >= 0.3 is 0 Å². The van der Waals surface area contributed by atoms with Crippen molar-refractivity contribution in [1.82, 2.24) is 15.1 Å². The summed E-state index contributed by atoms with van der Waals surface area (Å²) in [5, 5.41) is 7.10. The van der Waals surface area contributed by atoms with Gasteiger partial charge in [0.1, 0.15) is 6.61 Å². The van der Waals surface area contributed by atoms with Crippen LogP contribution in [0, 0.1) is 30.2 Å². The van der Waals surface area contributed by atoms with Crippen molar-refractivity contribution in [3.05, 3.63) is 82.2 Å². The Bertz CT molecular complexity index is 1040. The van der Waals surface area contributed by atoms with Crippen LogP contribution in [0.3, 0.4) is 0 Å². The minimum atomic E-state index is -1.61. The van der Waals surface area contributed by atoms with E-state index in [0.717, 1.165) is 17.8 Å². The molecule has 3 aromatic rings. The number of ether oxygens (including phenoxy) is 1. The molecule has 1 aromatic heterocycles. The standard InChI is InChI=1S/C21H19F4N3O2/c1-3-28-10-15(12(2)27-28)9-26-21(29)14-6-4-13(5-7-14)11-30-20-18(24)16(22)8-17(23)19(20)25/h4-8,10H,3,9,11H2,1-2H3,(H,26,29). The van der Waals surface area contributed by atoms with Crippen molar-refractivity contribution in [2.75, 3.05) is 0 Å². The number of amides is 1. The minimum Gasteiger partial charge on any atom is -0.483 e. The number of hydrogen-bond donors (Lipinski definition) is 1. The first-order chi connectivity index (χ1) is 14.3. The van der Waals surface area contributed by atoms with Crippen molar-refractivity contribution < 1.29 is 27.1 Å². The van der Waals surface area contributed by atoms with E-state index in [1.807, 2.05) is 20.0 Å². The number of aromatic nitrogens is 2. The van der Waals surface area contributed by atoms with Crippen LogP contribution in [0.5, 0.6) is 5.75 Å². The first-order valence-corrected chi connectivity index (χ1v) is 9.16. The lowest BCUT2D eigenvalue weighted by Gasteiger charge is -2.10. The number of rotatable bonds is 7. The van der Waals surface area contributed by atoms with E-state index < -0.39 is 29.0 Å². The van der Waals surface area contributed by atoms with E-state index in [1.54, 1.807) is 4.68 Å². The molecule has 0 radical (unpaired) electrons. The van der Waals surface area contributed by atoms with E-state index in [4.69, 9.17) is 4.74 Å². The molecule has 0 aliphatic heterocycles. The molecular weight excluding hydrogens is 402 g/mol. The highest BCUT2D eigenvalue weighted by atomic mass is 19.2. The molecule has 1 heterocycles. The minimum absolute atomic E-state index is 0.111. The van der Waals surface area contributed by atoms with E-state index in [1.165, 1.54) is 24.3 Å². The summed E-state index contributed by atoms with van der Waals surface area (Å²) in [6, 6.07) is 6.16. The van der Waals surface area contributed by atoms with Crippen molar-refractivity contribution in [2.45, 2.75) is 33.5 Å². The number of benzene rings is 2. The van der Waals surface area contributed by atoms with Crippen LogP contribution in [0.15, 0.2) is 36.5 Å². The predicted molar refractivity (Wildman–Crippen MR) is 101 cm³/mol. The van der Waals surface area contributed by atoms with Crippen LogP contribution in [0.4, 0.5) is 17.6 Å². The largest absolute Gasteiger partial charge is 0.483 e. The van der Waals surface area contributed by atoms with Crippen molar-refractivity contribution >= 4 is 5.91 Å². The quantitative estimate of drug-likeness (QED) is 0.458. The first-order valence-electron chi connectivity index (χ1n) is 9.16. The highest BCUT2D eigenvalue weighted by Gasteiger charge is 2.20. The van der Waals surface area contributed by atoms with Gasteiger partial charge in [-0.3, -0.25) is 9.48 Å². The Labute approximate surface area is 170 Å². The Morgan fingerprint density at radius 1 is 1.10 bits per heavy atom. The van der Waals surface area contributed by atoms with E-state index in [0.29, 0.717) is 17.7 Å². The van der Waals surface area contributed by atoms with Gasteiger partial charge in [0.25, 0.3) is 5.91 Å². The van der Waals surface area contributed by atoms with Gasteiger partial charge in [-0.25, -0.2) is 8.78 Å². The summed E-state index contributed by atoms with van der Waals surface area (Å²) in [4.78, 5) is 12.3. The van der Waals surface area contributed by atoms with E-state index in [-0.39, 0.29) is 18.6 Å². The van der Waals surface area contributed by atoms with Gasteiger partial charge in [-0.05, 0) is 31.5 Å². The zero-order chi connectivity index (χ0) is 21.8. The second kappa shape index (κ2) is 8.98. The molecule has 1 N–H and O–H groups in total. The molecule has 9 heteroatoms. The lowest BCUT2D eigenvalue weighted by molar-refractivity contribution is 0.0951. The maximum atomic E-state index is 13.6. The van der Waals surface area contributed by atoms with Crippen LogP contribution in [0.25, 0.3) is 0 Å². The fraction of sp³-hybridized carbons (Fsp3) is 0.238. The monoisotopic (exact) mass is 421 g/mol. The van der Waals surface area contributed by atoms with Crippen LogP contribution in [0.2, 0.25) is 0 Å². The predicted octanol–water partition coefficient (Wildman–Crippen LogP) is 4.28. The van der Waals surface area contributed by atoms with Gasteiger partial charge in [-0.15, -0.1) is 0 Å².